The number of nitrogens with one attached hydrogen (secondary N) is 1. The quantitative estimate of drug-likeness (QED) is 0.657. The summed E-state index contributed by atoms with van der Waals surface area (Å²) >= 11 is 0. The van der Waals surface area contributed by atoms with Gasteiger partial charge in [0.1, 0.15) is 0 Å². The van der Waals surface area contributed by atoms with Crippen molar-refractivity contribution in [3.63, 3.8) is 0 Å². The largest absolute Gasteiger partial charge is 0.383 e. The second kappa shape index (κ2) is 9.85. The molecule has 6 nitrogen and oxygen atoms in total. The predicted octanol–water partition coefficient (Wildman–Crippen LogP) is 1.12. The smallest absolute Gasteiger partial charge is 0.228 e. The summed E-state index contributed by atoms with van der Waals surface area (Å²) in [6.45, 7) is 11.0. The van der Waals surface area contributed by atoms with Gasteiger partial charge in [-0.25, -0.2) is 0 Å². The van der Waals surface area contributed by atoms with Crippen LogP contribution in [-0.2, 0) is 17.6 Å². The standard InChI is InChI=1S/C14H28N4O2/c1-5-15-12(11-19-4)10-14-16-13(17-20-14)8-9-18(6-2)7-3/h12,15H,5-11H2,1-4H3. The monoisotopic (exact) mass is 284 g/mol. The first-order chi connectivity index (χ1) is 9.73. The van der Waals surface area contributed by atoms with Crippen molar-refractivity contribution in [2.75, 3.05) is 39.9 Å². The van der Waals surface area contributed by atoms with Gasteiger partial charge in [-0.15, -0.1) is 0 Å². The Hall–Kier alpha value is -0.980. The molecule has 0 aliphatic heterocycles. The number of hydrogen-bond donors (Lipinski definition) is 1. The van der Waals surface area contributed by atoms with Crippen molar-refractivity contribution in [3.8, 4) is 0 Å². The Balaban J connectivity index is 2.45. The molecule has 0 saturated heterocycles. The van der Waals surface area contributed by atoms with Crippen LogP contribution in [0.5, 0.6) is 0 Å². The Bertz CT molecular complexity index is 347. The highest BCUT2D eigenvalue weighted by Gasteiger charge is 2.14. The van der Waals surface area contributed by atoms with Crippen LogP contribution in [0.1, 0.15) is 32.5 Å². The Labute approximate surface area is 121 Å². The van der Waals surface area contributed by atoms with Crippen LogP contribution < -0.4 is 5.32 Å². The summed E-state index contributed by atoms with van der Waals surface area (Å²) < 4.78 is 10.5. The SMILES string of the molecule is CCNC(COC)Cc1nc(CCN(CC)CC)no1. The minimum atomic E-state index is 0.223. The van der Waals surface area contributed by atoms with Gasteiger partial charge in [-0.2, -0.15) is 4.98 Å². The lowest BCUT2D eigenvalue weighted by molar-refractivity contribution is 0.162. The molecule has 1 atom stereocenters. The van der Waals surface area contributed by atoms with Crippen LogP contribution in [0.2, 0.25) is 0 Å². The molecular weight excluding hydrogens is 256 g/mol. The Morgan fingerprint density at radius 2 is 2.05 bits per heavy atom. The summed E-state index contributed by atoms with van der Waals surface area (Å²) in [5.74, 6) is 1.47. The van der Waals surface area contributed by atoms with Crippen molar-refractivity contribution in [2.24, 2.45) is 0 Å². The normalized spacial score (nSPS) is 13.1. The van der Waals surface area contributed by atoms with Crippen molar-refractivity contribution < 1.29 is 9.26 Å². The summed E-state index contributed by atoms with van der Waals surface area (Å²) in [6.07, 6.45) is 1.54. The van der Waals surface area contributed by atoms with Gasteiger partial charge in [-0.1, -0.05) is 25.9 Å². The highest BCUT2D eigenvalue weighted by Crippen LogP contribution is 2.04. The maximum atomic E-state index is 5.31. The summed E-state index contributed by atoms with van der Waals surface area (Å²) in [5, 5.41) is 7.40. The molecule has 20 heavy (non-hydrogen) atoms. The second-order valence-electron chi connectivity index (χ2n) is 4.80. The number of ether oxygens (including phenoxy) is 1. The molecule has 1 heterocycles. The molecule has 1 rings (SSSR count). The van der Waals surface area contributed by atoms with Gasteiger partial charge in [0.2, 0.25) is 5.89 Å². The molecule has 116 valence electrons. The molecule has 1 aromatic rings. The fourth-order valence-electron chi connectivity index (χ4n) is 2.16. The fraction of sp³-hybridized carbons (Fsp3) is 0.857. The minimum absolute atomic E-state index is 0.223. The third-order valence-corrected chi connectivity index (χ3v) is 3.34. The first-order valence-electron chi connectivity index (χ1n) is 7.49. The van der Waals surface area contributed by atoms with Crippen molar-refractivity contribution >= 4 is 0 Å². The Kier molecular flexibility index (Phi) is 8.41. The van der Waals surface area contributed by atoms with Crippen molar-refractivity contribution in [3.05, 3.63) is 11.7 Å². The van der Waals surface area contributed by atoms with Crippen LogP contribution in [0.15, 0.2) is 4.52 Å². The predicted molar refractivity (Wildman–Crippen MR) is 78.8 cm³/mol. The van der Waals surface area contributed by atoms with Gasteiger partial charge < -0.3 is 19.5 Å². The summed E-state index contributed by atoms with van der Waals surface area (Å²) in [7, 11) is 1.70. The molecule has 0 saturated carbocycles. The molecule has 0 aliphatic rings. The first-order valence-corrected chi connectivity index (χ1v) is 7.49. The fourth-order valence-corrected chi connectivity index (χ4v) is 2.16. The zero-order valence-corrected chi connectivity index (χ0v) is 13.2. The van der Waals surface area contributed by atoms with E-state index in [0.29, 0.717) is 18.9 Å². The van der Waals surface area contributed by atoms with E-state index >= 15 is 0 Å². The summed E-state index contributed by atoms with van der Waals surface area (Å²) in [5.41, 5.74) is 0. The van der Waals surface area contributed by atoms with Crippen molar-refractivity contribution in [2.45, 2.75) is 39.7 Å². The third kappa shape index (κ3) is 5.98. The highest BCUT2D eigenvalue weighted by molar-refractivity contribution is 4.90. The summed E-state index contributed by atoms with van der Waals surface area (Å²) in [6, 6.07) is 0.223. The lowest BCUT2D eigenvalue weighted by atomic mass is 10.2. The molecule has 0 spiro atoms. The minimum Gasteiger partial charge on any atom is -0.383 e. The van der Waals surface area contributed by atoms with E-state index in [1.165, 1.54) is 0 Å². The van der Waals surface area contributed by atoms with Crippen LogP contribution in [0.25, 0.3) is 0 Å². The van der Waals surface area contributed by atoms with E-state index in [4.69, 9.17) is 9.26 Å². The van der Waals surface area contributed by atoms with Gasteiger partial charge in [0.15, 0.2) is 5.82 Å². The lowest BCUT2D eigenvalue weighted by Crippen LogP contribution is -2.35. The molecule has 0 aromatic carbocycles. The molecule has 1 N–H and O–H groups in total. The van der Waals surface area contributed by atoms with Crippen LogP contribution in [-0.4, -0.2) is 61.0 Å². The topological polar surface area (TPSA) is 63.4 Å². The van der Waals surface area contributed by atoms with E-state index < -0.39 is 0 Å². The van der Waals surface area contributed by atoms with Crippen molar-refractivity contribution in [1.29, 1.82) is 0 Å². The van der Waals surface area contributed by atoms with E-state index in [9.17, 15) is 0 Å². The Morgan fingerprint density at radius 3 is 2.65 bits per heavy atom. The maximum absolute atomic E-state index is 5.31. The second-order valence-corrected chi connectivity index (χ2v) is 4.80. The van der Waals surface area contributed by atoms with E-state index in [0.717, 1.165) is 38.4 Å². The number of nitrogens with zero attached hydrogens (tertiary/aromatic N) is 3. The van der Waals surface area contributed by atoms with E-state index in [1.807, 2.05) is 0 Å². The number of rotatable bonds is 11. The number of hydrogen-bond acceptors (Lipinski definition) is 6. The van der Waals surface area contributed by atoms with Gasteiger partial charge >= 0.3 is 0 Å². The number of aromatic nitrogens is 2. The van der Waals surface area contributed by atoms with Gasteiger partial charge in [0.25, 0.3) is 0 Å². The molecular formula is C14H28N4O2. The molecule has 1 aromatic heterocycles. The zero-order chi connectivity index (χ0) is 14.8. The zero-order valence-electron chi connectivity index (χ0n) is 13.2. The van der Waals surface area contributed by atoms with E-state index in [-0.39, 0.29) is 6.04 Å². The van der Waals surface area contributed by atoms with Crippen LogP contribution >= 0.6 is 0 Å². The van der Waals surface area contributed by atoms with Crippen LogP contribution in [0.4, 0.5) is 0 Å². The maximum Gasteiger partial charge on any atom is 0.228 e. The average molecular weight is 284 g/mol. The molecule has 0 bridgehead atoms. The molecule has 0 aliphatic carbocycles. The number of methoxy groups -OCH3 is 1. The van der Waals surface area contributed by atoms with Gasteiger partial charge in [0.05, 0.1) is 6.61 Å². The van der Waals surface area contributed by atoms with E-state index in [2.05, 4.69) is 41.1 Å². The highest BCUT2D eigenvalue weighted by atomic mass is 16.5. The molecule has 0 fully saturated rings. The first kappa shape index (κ1) is 17.1. The summed E-state index contributed by atoms with van der Waals surface area (Å²) in [4.78, 5) is 6.80. The Morgan fingerprint density at radius 1 is 1.30 bits per heavy atom. The van der Waals surface area contributed by atoms with Gasteiger partial charge in [-0.3, -0.25) is 0 Å². The van der Waals surface area contributed by atoms with Gasteiger partial charge in [-0.05, 0) is 19.6 Å². The van der Waals surface area contributed by atoms with Crippen LogP contribution in [0.3, 0.4) is 0 Å². The number of likely N-dealkylation sites (N-methyl/N-ethyl adjacent to an activating group) is 2. The molecule has 1 unspecified atom stereocenters. The average Bonchev–Trinajstić information content (AvgIpc) is 2.88. The lowest BCUT2D eigenvalue weighted by Gasteiger charge is -2.16. The third-order valence-electron chi connectivity index (χ3n) is 3.34. The van der Waals surface area contributed by atoms with Crippen molar-refractivity contribution in [1.82, 2.24) is 20.4 Å². The molecule has 0 radical (unpaired) electrons. The van der Waals surface area contributed by atoms with E-state index in [1.54, 1.807) is 7.11 Å². The molecule has 0 amide bonds. The van der Waals surface area contributed by atoms with Gasteiger partial charge in [0, 0.05) is 32.5 Å². The molecule has 6 heteroatoms. The van der Waals surface area contributed by atoms with Crippen LogP contribution in [0, 0.1) is 0 Å².